The number of hydrogen-bond acceptors (Lipinski definition) is 2. The lowest BCUT2D eigenvalue weighted by Crippen LogP contribution is -2.42. The maximum atomic E-state index is 12.6. The van der Waals surface area contributed by atoms with Gasteiger partial charge in [0.15, 0.2) is 0 Å². The van der Waals surface area contributed by atoms with Gasteiger partial charge >= 0.3 is 0 Å². The first-order chi connectivity index (χ1) is 13.0. The summed E-state index contributed by atoms with van der Waals surface area (Å²) in [6.07, 6.45) is 0.757. The minimum absolute atomic E-state index is 0.0240. The van der Waals surface area contributed by atoms with Crippen molar-refractivity contribution in [1.29, 1.82) is 0 Å². The van der Waals surface area contributed by atoms with Gasteiger partial charge in [-0.3, -0.25) is 9.59 Å². The lowest BCUT2D eigenvalue weighted by atomic mass is 10.0. The van der Waals surface area contributed by atoms with Crippen LogP contribution < -0.4 is 5.32 Å². The molecular weight excluding hydrogens is 430 g/mol. The van der Waals surface area contributed by atoms with Gasteiger partial charge in [0.2, 0.25) is 5.91 Å². The van der Waals surface area contributed by atoms with Gasteiger partial charge in [0.25, 0.3) is 5.91 Å². The number of aromatic amines is 1. The first-order valence-corrected chi connectivity index (χ1v) is 9.79. The summed E-state index contributed by atoms with van der Waals surface area (Å²) >= 11 is 9.47. The van der Waals surface area contributed by atoms with Gasteiger partial charge in [-0.25, -0.2) is 0 Å². The van der Waals surface area contributed by atoms with Crippen molar-refractivity contribution in [2.75, 3.05) is 13.1 Å². The zero-order chi connectivity index (χ0) is 19.0. The SMILES string of the molecule is O=C(NCC(=O)N1CCc2[nH]c3ccc(Cl)cc3c2C1)c1cccc(Br)c1. The second-order valence-corrected chi connectivity index (χ2v) is 7.88. The Labute approximate surface area is 169 Å². The van der Waals surface area contributed by atoms with E-state index in [1.165, 1.54) is 0 Å². The smallest absolute Gasteiger partial charge is 0.251 e. The zero-order valence-electron chi connectivity index (χ0n) is 14.4. The fourth-order valence-corrected chi connectivity index (χ4v) is 3.97. The molecule has 7 heteroatoms. The molecule has 2 aromatic carbocycles. The van der Waals surface area contributed by atoms with E-state index in [0.717, 1.165) is 33.1 Å². The number of nitrogens with one attached hydrogen (secondary N) is 2. The minimum Gasteiger partial charge on any atom is -0.358 e. The number of carbonyl (C=O) groups is 2. The van der Waals surface area contributed by atoms with Crippen molar-refractivity contribution in [3.8, 4) is 0 Å². The fourth-order valence-electron chi connectivity index (χ4n) is 3.40. The summed E-state index contributed by atoms with van der Waals surface area (Å²) in [5.74, 6) is -0.360. The Morgan fingerprint density at radius 3 is 2.89 bits per heavy atom. The molecule has 1 aromatic heterocycles. The van der Waals surface area contributed by atoms with Crippen molar-refractivity contribution in [2.45, 2.75) is 13.0 Å². The van der Waals surface area contributed by atoms with Crippen LogP contribution in [-0.4, -0.2) is 34.8 Å². The van der Waals surface area contributed by atoms with Gasteiger partial charge in [0.1, 0.15) is 0 Å². The Kier molecular flexibility index (Phi) is 4.93. The van der Waals surface area contributed by atoms with Gasteiger partial charge in [0, 0.05) is 56.7 Å². The molecule has 27 heavy (non-hydrogen) atoms. The lowest BCUT2D eigenvalue weighted by molar-refractivity contribution is -0.131. The van der Waals surface area contributed by atoms with E-state index in [2.05, 4.69) is 26.2 Å². The molecule has 0 spiro atoms. The summed E-state index contributed by atoms with van der Waals surface area (Å²) in [5.41, 5.74) is 3.80. The maximum Gasteiger partial charge on any atom is 0.251 e. The highest BCUT2D eigenvalue weighted by Gasteiger charge is 2.24. The third-order valence-corrected chi connectivity index (χ3v) is 5.51. The van der Waals surface area contributed by atoms with Gasteiger partial charge in [-0.15, -0.1) is 0 Å². The molecule has 1 aliphatic rings. The third kappa shape index (κ3) is 3.73. The van der Waals surface area contributed by atoms with E-state index in [4.69, 9.17) is 11.6 Å². The van der Waals surface area contributed by atoms with Crippen LogP contribution >= 0.6 is 27.5 Å². The topological polar surface area (TPSA) is 65.2 Å². The molecule has 0 aliphatic carbocycles. The minimum atomic E-state index is -0.263. The Hall–Kier alpha value is -2.31. The summed E-state index contributed by atoms with van der Waals surface area (Å²) in [4.78, 5) is 30.0. The molecule has 0 unspecified atom stereocenters. The second kappa shape index (κ2) is 7.37. The number of nitrogens with zero attached hydrogens (tertiary/aromatic N) is 1. The average Bonchev–Trinajstić information content (AvgIpc) is 3.03. The first kappa shape index (κ1) is 18.1. The number of rotatable bonds is 3. The highest BCUT2D eigenvalue weighted by Crippen LogP contribution is 2.29. The number of carbonyl (C=O) groups excluding carboxylic acids is 2. The molecule has 0 saturated heterocycles. The number of halogens is 2. The predicted octanol–water partition coefficient (Wildman–Crippen LogP) is 3.90. The monoisotopic (exact) mass is 445 g/mol. The molecule has 0 radical (unpaired) electrons. The Morgan fingerprint density at radius 2 is 2.07 bits per heavy atom. The Morgan fingerprint density at radius 1 is 1.22 bits per heavy atom. The first-order valence-electron chi connectivity index (χ1n) is 8.62. The van der Waals surface area contributed by atoms with Crippen LogP contribution in [-0.2, 0) is 17.8 Å². The van der Waals surface area contributed by atoms with Crippen molar-refractivity contribution in [3.05, 3.63) is 68.8 Å². The molecule has 5 nitrogen and oxygen atoms in total. The van der Waals surface area contributed by atoms with E-state index in [1.807, 2.05) is 24.3 Å². The Bertz CT molecular complexity index is 1050. The number of H-pyrrole nitrogens is 1. The van der Waals surface area contributed by atoms with Crippen LogP contribution in [0.5, 0.6) is 0 Å². The number of amides is 2. The molecule has 2 heterocycles. The molecular formula is C20H17BrClN3O2. The standard InChI is InChI=1S/C20H17BrClN3O2/c21-13-3-1-2-12(8-13)20(27)23-10-19(26)25-7-6-18-16(11-25)15-9-14(22)4-5-17(15)24-18/h1-5,8-9,24H,6-7,10-11H2,(H,23,27). The third-order valence-electron chi connectivity index (χ3n) is 4.78. The summed E-state index contributed by atoms with van der Waals surface area (Å²) in [5, 5.41) is 4.43. The average molecular weight is 447 g/mol. The molecule has 2 amide bonds. The van der Waals surface area contributed by atoms with E-state index >= 15 is 0 Å². The molecule has 2 N–H and O–H groups in total. The quantitative estimate of drug-likeness (QED) is 0.641. The molecule has 4 rings (SSSR count). The highest BCUT2D eigenvalue weighted by molar-refractivity contribution is 9.10. The number of aromatic nitrogens is 1. The van der Waals surface area contributed by atoms with Crippen molar-refractivity contribution in [3.63, 3.8) is 0 Å². The molecule has 138 valence electrons. The maximum absolute atomic E-state index is 12.6. The van der Waals surface area contributed by atoms with Crippen molar-refractivity contribution in [2.24, 2.45) is 0 Å². The predicted molar refractivity (Wildman–Crippen MR) is 109 cm³/mol. The molecule has 0 saturated carbocycles. The van der Waals surface area contributed by atoms with E-state index < -0.39 is 0 Å². The number of benzene rings is 2. The summed E-state index contributed by atoms with van der Waals surface area (Å²) in [6.45, 7) is 1.12. The van der Waals surface area contributed by atoms with Crippen LogP contribution in [0.1, 0.15) is 21.6 Å². The van der Waals surface area contributed by atoms with E-state index in [-0.39, 0.29) is 18.4 Å². The van der Waals surface area contributed by atoms with Crippen LogP contribution in [0.15, 0.2) is 46.9 Å². The molecule has 0 atom stereocenters. The largest absolute Gasteiger partial charge is 0.358 e. The summed E-state index contributed by atoms with van der Waals surface area (Å²) in [6, 6.07) is 12.8. The van der Waals surface area contributed by atoms with Gasteiger partial charge in [-0.05, 0) is 36.4 Å². The van der Waals surface area contributed by atoms with Gasteiger partial charge in [-0.1, -0.05) is 33.6 Å². The molecule has 0 fully saturated rings. The normalized spacial score (nSPS) is 13.5. The van der Waals surface area contributed by atoms with Gasteiger partial charge in [-0.2, -0.15) is 0 Å². The fraction of sp³-hybridized carbons (Fsp3) is 0.200. The molecule has 0 bridgehead atoms. The van der Waals surface area contributed by atoms with Crippen LogP contribution in [0.2, 0.25) is 5.02 Å². The van der Waals surface area contributed by atoms with Crippen LogP contribution in [0.3, 0.4) is 0 Å². The molecule has 1 aliphatic heterocycles. The number of hydrogen-bond donors (Lipinski definition) is 2. The molecule has 3 aromatic rings. The summed E-state index contributed by atoms with van der Waals surface area (Å²) in [7, 11) is 0. The van der Waals surface area contributed by atoms with Crippen LogP contribution in [0.4, 0.5) is 0 Å². The van der Waals surface area contributed by atoms with Gasteiger partial charge < -0.3 is 15.2 Å². The van der Waals surface area contributed by atoms with Crippen LogP contribution in [0, 0.1) is 0 Å². The second-order valence-electron chi connectivity index (χ2n) is 6.53. The Balaban J connectivity index is 1.44. The van der Waals surface area contributed by atoms with Crippen LogP contribution in [0.25, 0.3) is 10.9 Å². The number of fused-ring (bicyclic) bond motifs is 3. The van der Waals surface area contributed by atoms with E-state index in [0.29, 0.717) is 23.7 Å². The van der Waals surface area contributed by atoms with E-state index in [1.54, 1.807) is 23.1 Å². The van der Waals surface area contributed by atoms with Crippen molar-refractivity contribution in [1.82, 2.24) is 15.2 Å². The lowest BCUT2D eigenvalue weighted by Gasteiger charge is -2.27. The van der Waals surface area contributed by atoms with Crippen molar-refractivity contribution >= 4 is 50.2 Å². The van der Waals surface area contributed by atoms with Crippen molar-refractivity contribution < 1.29 is 9.59 Å². The zero-order valence-corrected chi connectivity index (χ0v) is 16.7. The summed E-state index contributed by atoms with van der Waals surface area (Å²) < 4.78 is 0.822. The highest BCUT2D eigenvalue weighted by atomic mass is 79.9. The van der Waals surface area contributed by atoms with Gasteiger partial charge in [0.05, 0.1) is 6.54 Å². The van der Waals surface area contributed by atoms with E-state index in [9.17, 15) is 9.59 Å².